The zero-order chi connectivity index (χ0) is 30.2. The highest BCUT2D eigenvalue weighted by Crippen LogP contribution is 2.40. The Bertz CT molecular complexity index is 1310. The fourth-order valence-corrected chi connectivity index (χ4v) is 7.24. The fraction of sp³-hybridized carbons (Fsp3) is 0.550. The SMILES string of the molecule is CCc1cc(-c2cc(CC)c(OCCC(CC)CC)c(CC)c2CC)ccc1-c1ccc(C2CCC(C)CC2)cc1F. The molecule has 3 aromatic rings. The third-order valence-electron chi connectivity index (χ3n) is 10.2. The summed E-state index contributed by atoms with van der Waals surface area (Å²) in [5.74, 6) is 3.06. The molecule has 0 heterocycles. The Morgan fingerprint density at radius 1 is 0.714 bits per heavy atom. The Morgan fingerprint density at radius 3 is 1.98 bits per heavy atom. The monoisotopic (exact) mass is 570 g/mol. The predicted molar refractivity (Wildman–Crippen MR) is 179 cm³/mol. The normalized spacial score (nSPS) is 17.2. The van der Waals surface area contributed by atoms with E-state index < -0.39 is 0 Å². The zero-order valence-corrected chi connectivity index (χ0v) is 27.5. The number of hydrogen-bond donors (Lipinski definition) is 0. The summed E-state index contributed by atoms with van der Waals surface area (Å²) in [6, 6.07) is 15.1. The van der Waals surface area contributed by atoms with Crippen molar-refractivity contribution in [1.29, 1.82) is 0 Å². The summed E-state index contributed by atoms with van der Waals surface area (Å²) >= 11 is 0. The van der Waals surface area contributed by atoms with Crippen LogP contribution in [-0.4, -0.2) is 6.61 Å². The zero-order valence-electron chi connectivity index (χ0n) is 27.5. The van der Waals surface area contributed by atoms with Crippen molar-refractivity contribution in [2.75, 3.05) is 6.61 Å². The quantitative estimate of drug-likeness (QED) is 0.199. The Labute approximate surface area is 256 Å². The lowest BCUT2D eigenvalue weighted by Gasteiger charge is -2.26. The third-order valence-corrected chi connectivity index (χ3v) is 10.2. The van der Waals surface area contributed by atoms with Gasteiger partial charge in [-0.1, -0.05) is 104 Å². The van der Waals surface area contributed by atoms with Crippen LogP contribution in [0.25, 0.3) is 22.3 Å². The van der Waals surface area contributed by atoms with E-state index in [4.69, 9.17) is 4.74 Å². The highest BCUT2D eigenvalue weighted by molar-refractivity contribution is 5.78. The van der Waals surface area contributed by atoms with E-state index in [-0.39, 0.29) is 5.82 Å². The van der Waals surface area contributed by atoms with Crippen molar-refractivity contribution in [2.24, 2.45) is 11.8 Å². The van der Waals surface area contributed by atoms with E-state index in [0.29, 0.717) is 5.92 Å². The molecule has 4 rings (SSSR count). The van der Waals surface area contributed by atoms with Crippen molar-refractivity contribution in [3.63, 3.8) is 0 Å². The second-order valence-corrected chi connectivity index (χ2v) is 12.7. The first-order chi connectivity index (χ1) is 20.4. The van der Waals surface area contributed by atoms with E-state index in [2.05, 4.69) is 78.8 Å². The molecule has 0 atom stereocenters. The third kappa shape index (κ3) is 7.12. The number of aryl methyl sites for hydroxylation is 2. The van der Waals surface area contributed by atoms with Crippen molar-refractivity contribution >= 4 is 0 Å². The summed E-state index contributed by atoms with van der Waals surface area (Å²) in [5.41, 5.74) is 10.7. The molecule has 0 unspecified atom stereocenters. The van der Waals surface area contributed by atoms with Crippen LogP contribution in [0.4, 0.5) is 4.39 Å². The van der Waals surface area contributed by atoms with Crippen LogP contribution < -0.4 is 4.74 Å². The Balaban J connectivity index is 1.68. The van der Waals surface area contributed by atoms with E-state index in [1.165, 1.54) is 77.5 Å². The lowest BCUT2D eigenvalue weighted by molar-refractivity contribution is 0.267. The van der Waals surface area contributed by atoms with Gasteiger partial charge in [0, 0.05) is 5.56 Å². The molecule has 0 bridgehead atoms. The minimum Gasteiger partial charge on any atom is -0.493 e. The molecule has 42 heavy (non-hydrogen) atoms. The maximum absolute atomic E-state index is 15.7. The molecule has 0 spiro atoms. The summed E-state index contributed by atoms with van der Waals surface area (Å²) in [4.78, 5) is 0. The van der Waals surface area contributed by atoms with Gasteiger partial charge in [0.15, 0.2) is 0 Å². The van der Waals surface area contributed by atoms with E-state index >= 15 is 4.39 Å². The summed E-state index contributed by atoms with van der Waals surface area (Å²) in [6.45, 7) is 16.6. The fourth-order valence-electron chi connectivity index (χ4n) is 7.24. The maximum atomic E-state index is 15.7. The first-order valence-electron chi connectivity index (χ1n) is 17.1. The molecular weight excluding hydrogens is 515 g/mol. The van der Waals surface area contributed by atoms with Crippen LogP contribution in [0.2, 0.25) is 0 Å². The van der Waals surface area contributed by atoms with Gasteiger partial charge in [-0.05, 0) is 119 Å². The van der Waals surface area contributed by atoms with Gasteiger partial charge in [0.1, 0.15) is 11.6 Å². The topological polar surface area (TPSA) is 9.23 Å². The molecule has 1 fully saturated rings. The van der Waals surface area contributed by atoms with Crippen LogP contribution in [0.3, 0.4) is 0 Å². The largest absolute Gasteiger partial charge is 0.493 e. The summed E-state index contributed by atoms with van der Waals surface area (Å²) < 4.78 is 22.2. The van der Waals surface area contributed by atoms with Gasteiger partial charge in [-0.2, -0.15) is 0 Å². The highest BCUT2D eigenvalue weighted by Gasteiger charge is 2.22. The second-order valence-electron chi connectivity index (χ2n) is 12.7. The predicted octanol–water partition coefficient (Wildman–Crippen LogP) is 11.9. The average Bonchev–Trinajstić information content (AvgIpc) is 3.02. The summed E-state index contributed by atoms with van der Waals surface area (Å²) in [6.07, 6.45) is 12.1. The van der Waals surface area contributed by atoms with Gasteiger partial charge in [0.2, 0.25) is 0 Å². The van der Waals surface area contributed by atoms with E-state index in [1.54, 1.807) is 0 Å². The van der Waals surface area contributed by atoms with E-state index in [9.17, 15) is 0 Å². The molecule has 3 aromatic carbocycles. The molecule has 0 N–H and O–H groups in total. The number of rotatable bonds is 13. The van der Waals surface area contributed by atoms with Crippen LogP contribution in [0.15, 0.2) is 42.5 Å². The minimum absolute atomic E-state index is 0.0840. The van der Waals surface area contributed by atoms with Gasteiger partial charge in [-0.25, -0.2) is 4.39 Å². The lowest BCUT2D eigenvalue weighted by Crippen LogP contribution is -2.11. The lowest BCUT2D eigenvalue weighted by atomic mass is 9.79. The van der Waals surface area contributed by atoms with Crippen molar-refractivity contribution in [3.8, 4) is 28.0 Å². The first kappa shape index (κ1) is 32.3. The molecule has 1 nitrogen and oxygen atoms in total. The molecule has 0 saturated heterocycles. The molecule has 228 valence electrons. The van der Waals surface area contributed by atoms with Gasteiger partial charge in [0.05, 0.1) is 6.61 Å². The molecular formula is C40H55FO. The Kier molecular flexibility index (Phi) is 11.7. The van der Waals surface area contributed by atoms with Crippen molar-refractivity contribution in [1.82, 2.24) is 0 Å². The molecule has 0 radical (unpaired) electrons. The maximum Gasteiger partial charge on any atom is 0.131 e. The summed E-state index contributed by atoms with van der Waals surface area (Å²) in [5, 5.41) is 0. The second kappa shape index (κ2) is 15.2. The number of halogens is 1. The van der Waals surface area contributed by atoms with Crippen LogP contribution >= 0.6 is 0 Å². The van der Waals surface area contributed by atoms with Crippen LogP contribution in [0, 0.1) is 17.7 Å². The van der Waals surface area contributed by atoms with Gasteiger partial charge in [0.25, 0.3) is 0 Å². The van der Waals surface area contributed by atoms with Gasteiger partial charge in [-0.3, -0.25) is 0 Å². The van der Waals surface area contributed by atoms with Crippen LogP contribution in [-0.2, 0) is 25.7 Å². The molecule has 2 heteroatoms. The first-order valence-corrected chi connectivity index (χ1v) is 17.1. The van der Waals surface area contributed by atoms with Crippen LogP contribution in [0.1, 0.15) is 127 Å². The molecule has 1 saturated carbocycles. The van der Waals surface area contributed by atoms with Crippen molar-refractivity contribution in [2.45, 2.75) is 125 Å². The van der Waals surface area contributed by atoms with Gasteiger partial charge in [-0.15, -0.1) is 0 Å². The Morgan fingerprint density at radius 2 is 1.38 bits per heavy atom. The number of hydrogen-bond acceptors (Lipinski definition) is 1. The smallest absolute Gasteiger partial charge is 0.131 e. The van der Waals surface area contributed by atoms with Crippen molar-refractivity contribution in [3.05, 3.63) is 76.1 Å². The molecule has 0 aromatic heterocycles. The minimum atomic E-state index is -0.0840. The molecule has 1 aliphatic carbocycles. The van der Waals surface area contributed by atoms with E-state index in [0.717, 1.165) is 67.4 Å². The van der Waals surface area contributed by atoms with Crippen LogP contribution in [0.5, 0.6) is 5.75 Å². The number of benzene rings is 3. The Hall–Kier alpha value is -2.61. The van der Waals surface area contributed by atoms with Gasteiger partial charge < -0.3 is 4.74 Å². The highest BCUT2D eigenvalue weighted by atomic mass is 19.1. The van der Waals surface area contributed by atoms with Gasteiger partial charge >= 0.3 is 0 Å². The van der Waals surface area contributed by atoms with E-state index in [1.807, 2.05) is 12.1 Å². The molecule has 0 amide bonds. The molecule has 0 aliphatic heterocycles. The number of ether oxygens (including phenoxy) is 1. The standard InChI is InChI=1S/C40H55FO/c1-8-28(9-2)22-23-42-40-30(11-4)25-38(34(12-5)35(40)13-6)33-19-20-36(29(10-3)24-33)37-21-18-32(26-39(37)41)31-16-14-27(7)15-17-31/h18-21,24-28,31H,8-17,22-23H2,1-7H3. The average molecular weight is 571 g/mol. The summed E-state index contributed by atoms with van der Waals surface area (Å²) in [7, 11) is 0. The molecule has 1 aliphatic rings. The van der Waals surface area contributed by atoms with Crippen molar-refractivity contribution < 1.29 is 9.13 Å².